The van der Waals surface area contributed by atoms with Gasteiger partial charge in [0.15, 0.2) is 0 Å². The second-order valence-electron chi connectivity index (χ2n) is 2.57. The van der Waals surface area contributed by atoms with Crippen molar-refractivity contribution >= 4 is 29.2 Å². The van der Waals surface area contributed by atoms with Gasteiger partial charge in [-0.15, -0.1) is 0 Å². The van der Waals surface area contributed by atoms with Gasteiger partial charge < -0.3 is 10.4 Å². The molecular weight excluding hydrogens is 220 g/mol. The van der Waals surface area contributed by atoms with Crippen LogP contribution in [0.4, 0.5) is 5.69 Å². The van der Waals surface area contributed by atoms with Crippen LogP contribution < -0.4 is 5.32 Å². The Bertz CT molecular complexity index is 465. The first-order chi connectivity index (χ1) is 7.04. The molecule has 5 nitrogen and oxygen atoms in total. The van der Waals surface area contributed by atoms with Crippen molar-refractivity contribution in [3.05, 3.63) is 28.8 Å². The summed E-state index contributed by atoms with van der Waals surface area (Å²) in [6.45, 7) is 0. The standard InChI is InChI=1S/C9H5ClN2O3/c10-7-3-6(2-1-5(7)4-11)12-8(13)9(14)15/h1-3H,(H,12,13)(H,14,15). The van der Waals surface area contributed by atoms with Gasteiger partial charge in [0, 0.05) is 5.69 Å². The molecule has 0 aliphatic carbocycles. The van der Waals surface area contributed by atoms with Gasteiger partial charge in [0.05, 0.1) is 10.6 Å². The summed E-state index contributed by atoms with van der Waals surface area (Å²) in [5.41, 5.74) is 0.483. The number of carboxylic acid groups (broad SMARTS) is 1. The monoisotopic (exact) mass is 224 g/mol. The van der Waals surface area contributed by atoms with Gasteiger partial charge in [-0.2, -0.15) is 5.26 Å². The van der Waals surface area contributed by atoms with E-state index in [1.807, 2.05) is 6.07 Å². The van der Waals surface area contributed by atoms with E-state index in [-0.39, 0.29) is 16.3 Å². The van der Waals surface area contributed by atoms with Crippen molar-refractivity contribution in [2.45, 2.75) is 0 Å². The number of nitrogens with one attached hydrogen (secondary N) is 1. The molecule has 0 aliphatic rings. The predicted molar refractivity (Wildman–Crippen MR) is 52.4 cm³/mol. The van der Waals surface area contributed by atoms with E-state index >= 15 is 0 Å². The SMILES string of the molecule is N#Cc1ccc(NC(=O)C(=O)O)cc1Cl. The van der Waals surface area contributed by atoms with E-state index in [2.05, 4.69) is 5.32 Å². The Hall–Kier alpha value is -2.06. The molecule has 0 saturated carbocycles. The molecule has 0 aliphatic heterocycles. The summed E-state index contributed by atoms with van der Waals surface area (Å²) >= 11 is 5.67. The minimum atomic E-state index is -1.59. The summed E-state index contributed by atoms with van der Waals surface area (Å²) in [6, 6.07) is 5.93. The molecule has 1 aromatic rings. The molecule has 76 valence electrons. The Morgan fingerprint density at radius 1 is 1.47 bits per heavy atom. The van der Waals surface area contributed by atoms with Gasteiger partial charge in [0.1, 0.15) is 6.07 Å². The smallest absolute Gasteiger partial charge is 0.394 e. The first-order valence-electron chi connectivity index (χ1n) is 3.78. The molecule has 6 heteroatoms. The Morgan fingerprint density at radius 3 is 2.60 bits per heavy atom. The maximum absolute atomic E-state index is 10.8. The van der Waals surface area contributed by atoms with Crippen molar-refractivity contribution in [2.24, 2.45) is 0 Å². The lowest BCUT2D eigenvalue weighted by atomic mass is 10.2. The van der Waals surface area contributed by atoms with E-state index in [0.29, 0.717) is 0 Å². The molecular formula is C9H5ClN2O3. The Balaban J connectivity index is 2.90. The Kier molecular flexibility index (Phi) is 3.26. The van der Waals surface area contributed by atoms with Crippen molar-refractivity contribution in [1.82, 2.24) is 0 Å². The molecule has 0 aromatic heterocycles. The lowest BCUT2D eigenvalue weighted by molar-refractivity contribution is -0.147. The largest absolute Gasteiger partial charge is 0.474 e. The summed E-state index contributed by atoms with van der Waals surface area (Å²) in [6.07, 6.45) is 0. The number of carboxylic acids is 1. The van der Waals surface area contributed by atoms with Gasteiger partial charge in [-0.05, 0) is 18.2 Å². The van der Waals surface area contributed by atoms with Gasteiger partial charge >= 0.3 is 11.9 Å². The summed E-state index contributed by atoms with van der Waals surface area (Å²) in [5.74, 6) is -2.74. The molecule has 0 fully saturated rings. The van der Waals surface area contributed by atoms with Crippen molar-refractivity contribution in [2.75, 3.05) is 5.32 Å². The number of halogens is 1. The van der Waals surface area contributed by atoms with E-state index in [1.54, 1.807) is 0 Å². The van der Waals surface area contributed by atoms with Crippen LogP contribution in [0.2, 0.25) is 5.02 Å². The lowest BCUT2D eigenvalue weighted by Gasteiger charge is -2.02. The number of anilines is 1. The van der Waals surface area contributed by atoms with Gasteiger partial charge in [-0.25, -0.2) is 4.79 Å². The number of nitriles is 1. The van der Waals surface area contributed by atoms with Crippen LogP contribution in [-0.4, -0.2) is 17.0 Å². The molecule has 0 radical (unpaired) electrons. The Morgan fingerprint density at radius 2 is 2.13 bits per heavy atom. The van der Waals surface area contributed by atoms with Crippen LogP contribution in [-0.2, 0) is 9.59 Å². The van der Waals surface area contributed by atoms with E-state index < -0.39 is 11.9 Å². The molecule has 15 heavy (non-hydrogen) atoms. The van der Waals surface area contributed by atoms with Crippen LogP contribution in [0, 0.1) is 11.3 Å². The molecule has 2 N–H and O–H groups in total. The fourth-order valence-electron chi connectivity index (χ4n) is 0.868. The van der Waals surface area contributed by atoms with Crippen LogP contribution in [0.3, 0.4) is 0 Å². The van der Waals surface area contributed by atoms with Crippen LogP contribution in [0.1, 0.15) is 5.56 Å². The molecule has 0 unspecified atom stereocenters. The number of benzene rings is 1. The highest BCUT2D eigenvalue weighted by Crippen LogP contribution is 2.19. The fraction of sp³-hybridized carbons (Fsp3) is 0. The molecule has 0 heterocycles. The zero-order valence-corrected chi connectivity index (χ0v) is 8.08. The number of carbonyl (C=O) groups excluding carboxylic acids is 1. The Labute approximate surface area is 89.9 Å². The third kappa shape index (κ3) is 2.69. The van der Waals surface area contributed by atoms with Crippen LogP contribution in [0.15, 0.2) is 18.2 Å². The first-order valence-corrected chi connectivity index (χ1v) is 4.16. The summed E-state index contributed by atoms with van der Waals surface area (Å²) < 4.78 is 0. The number of nitrogens with zero attached hydrogens (tertiary/aromatic N) is 1. The van der Waals surface area contributed by atoms with Gasteiger partial charge in [-0.1, -0.05) is 11.6 Å². The summed E-state index contributed by atoms with van der Waals surface area (Å²) in [7, 11) is 0. The van der Waals surface area contributed by atoms with Crippen molar-refractivity contribution in [3.63, 3.8) is 0 Å². The number of rotatable bonds is 1. The molecule has 1 aromatic carbocycles. The van der Waals surface area contributed by atoms with Gasteiger partial charge in [-0.3, -0.25) is 4.79 Å². The van der Waals surface area contributed by atoms with E-state index in [0.717, 1.165) is 0 Å². The van der Waals surface area contributed by atoms with Crippen LogP contribution in [0.5, 0.6) is 0 Å². The van der Waals surface area contributed by atoms with Crippen LogP contribution in [0.25, 0.3) is 0 Å². The highest BCUT2D eigenvalue weighted by molar-refractivity contribution is 6.37. The number of hydrogen-bond acceptors (Lipinski definition) is 3. The minimum Gasteiger partial charge on any atom is -0.474 e. The predicted octanol–water partition coefficient (Wildman–Crippen LogP) is 1.23. The second-order valence-corrected chi connectivity index (χ2v) is 2.97. The number of hydrogen-bond donors (Lipinski definition) is 2. The molecule has 0 spiro atoms. The second kappa shape index (κ2) is 4.44. The molecule has 0 atom stereocenters. The van der Waals surface area contributed by atoms with E-state index in [4.69, 9.17) is 22.0 Å². The normalized spacial score (nSPS) is 9.07. The summed E-state index contributed by atoms with van der Waals surface area (Å²) in [5, 5.41) is 19.1. The van der Waals surface area contributed by atoms with Crippen molar-refractivity contribution in [3.8, 4) is 6.07 Å². The lowest BCUT2D eigenvalue weighted by Crippen LogP contribution is -2.21. The summed E-state index contributed by atoms with van der Waals surface area (Å²) in [4.78, 5) is 21.0. The number of amides is 1. The zero-order chi connectivity index (χ0) is 11.4. The molecule has 0 bridgehead atoms. The molecule has 1 amide bonds. The zero-order valence-electron chi connectivity index (χ0n) is 7.32. The maximum Gasteiger partial charge on any atom is 0.394 e. The van der Waals surface area contributed by atoms with Crippen molar-refractivity contribution < 1.29 is 14.7 Å². The maximum atomic E-state index is 10.8. The number of aliphatic carboxylic acids is 1. The van der Waals surface area contributed by atoms with Gasteiger partial charge in [0.2, 0.25) is 0 Å². The highest BCUT2D eigenvalue weighted by atomic mass is 35.5. The third-order valence-corrected chi connectivity index (χ3v) is 1.85. The topological polar surface area (TPSA) is 90.2 Å². The van der Waals surface area contributed by atoms with E-state index in [9.17, 15) is 9.59 Å². The minimum absolute atomic E-state index is 0.153. The average molecular weight is 225 g/mol. The third-order valence-electron chi connectivity index (χ3n) is 1.54. The highest BCUT2D eigenvalue weighted by Gasteiger charge is 2.11. The van der Waals surface area contributed by atoms with Gasteiger partial charge in [0.25, 0.3) is 0 Å². The quantitative estimate of drug-likeness (QED) is 0.702. The van der Waals surface area contributed by atoms with Crippen LogP contribution >= 0.6 is 11.6 Å². The van der Waals surface area contributed by atoms with Crippen molar-refractivity contribution in [1.29, 1.82) is 5.26 Å². The fourth-order valence-corrected chi connectivity index (χ4v) is 1.09. The molecule has 1 rings (SSSR count). The molecule has 0 saturated heterocycles. The van der Waals surface area contributed by atoms with E-state index in [1.165, 1.54) is 18.2 Å². The first kappa shape index (κ1) is 11.0. The number of carbonyl (C=O) groups is 2. The average Bonchev–Trinajstić information content (AvgIpc) is 2.18.